The highest BCUT2D eigenvalue weighted by atomic mass is 16.1. The fourth-order valence-electron chi connectivity index (χ4n) is 1.64. The van der Waals surface area contributed by atoms with E-state index in [0.29, 0.717) is 12.3 Å². The van der Waals surface area contributed by atoms with E-state index in [1.165, 1.54) is 5.56 Å². The van der Waals surface area contributed by atoms with Crippen LogP contribution in [-0.4, -0.2) is 11.9 Å². The third-order valence-corrected chi connectivity index (χ3v) is 2.49. The Bertz CT molecular complexity index is 343. The van der Waals surface area contributed by atoms with Gasteiger partial charge in [-0.25, -0.2) is 0 Å². The maximum atomic E-state index is 10.8. The molecule has 0 saturated heterocycles. The summed E-state index contributed by atoms with van der Waals surface area (Å²) in [5.74, 6) is 0.199. The lowest BCUT2D eigenvalue weighted by Gasteiger charge is -2.09. The van der Waals surface area contributed by atoms with Crippen molar-refractivity contribution in [2.75, 3.05) is 0 Å². The summed E-state index contributed by atoms with van der Waals surface area (Å²) in [6, 6.07) is 7.61. The minimum absolute atomic E-state index is 0.453. The van der Waals surface area contributed by atoms with Gasteiger partial charge in [-0.15, -0.1) is 0 Å². The molecule has 0 heterocycles. The summed E-state index contributed by atoms with van der Waals surface area (Å²) in [6.45, 7) is 4.38. The van der Waals surface area contributed by atoms with Crippen LogP contribution in [0.3, 0.4) is 0 Å². The van der Waals surface area contributed by atoms with Crippen molar-refractivity contribution in [1.29, 1.82) is 0 Å². The van der Waals surface area contributed by atoms with Crippen molar-refractivity contribution in [2.24, 2.45) is 17.4 Å². The number of nitrogens with two attached hydrogens (primary N) is 2. The van der Waals surface area contributed by atoms with Crippen LogP contribution >= 0.6 is 0 Å². The first-order valence-electron chi connectivity index (χ1n) is 5.61. The molecule has 1 amide bonds. The van der Waals surface area contributed by atoms with E-state index in [4.69, 9.17) is 11.5 Å². The zero-order valence-electron chi connectivity index (χ0n) is 9.94. The normalized spacial score (nSPS) is 12.8. The lowest BCUT2D eigenvalue weighted by Crippen LogP contribution is -2.38. The van der Waals surface area contributed by atoms with Crippen LogP contribution in [0.4, 0.5) is 0 Å². The predicted octanol–water partition coefficient (Wildman–Crippen LogP) is 1.24. The van der Waals surface area contributed by atoms with Gasteiger partial charge in [0.15, 0.2) is 0 Å². The van der Waals surface area contributed by atoms with Crippen molar-refractivity contribution in [3.05, 3.63) is 35.4 Å². The number of carbonyl (C=O) groups excluding carboxylic acids is 1. The van der Waals surface area contributed by atoms with Crippen LogP contribution in [0.5, 0.6) is 0 Å². The molecule has 0 saturated carbocycles. The number of rotatable bonds is 5. The number of primary amides is 1. The van der Waals surface area contributed by atoms with Gasteiger partial charge in [-0.3, -0.25) is 4.79 Å². The Labute approximate surface area is 96.8 Å². The van der Waals surface area contributed by atoms with E-state index in [0.717, 1.165) is 12.0 Å². The lowest BCUT2D eigenvalue weighted by atomic mass is 9.99. The molecule has 1 atom stereocenters. The molecule has 1 aromatic carbocycles. The monoisotopic (exact) mass is 220 g/mol. The average Bonchev–Trinajstić information content (AvgIpc) is 2.20. The van der Waals surface area contributed by atoms with E-state index < -0.39 is 11.9 Å². The summed E-state index contributed by atoms with van der Waals surface area (Å²) >= 11 is 0. The third kappa shape index (κ3) is 4.03. The van der Waals surface area contributed by atoms with Gasteiger partial charge in [0.05, 0.1) is 6.04 Å². The van der Waals surface area contributed by atoms with Gasteiger partial charge in [-0.1, -0.05) is 38.1 Å². The van der Waals surface area contributed by atoms with Crippen LogP contribution in [0.15, 0.2) is 24.3 Å². The van der Waals surface area contributed by atoms with Crippen molar-refractivity contribution in [3.63, 3.8) is 0 Å². The molecule has 0 radical (unpaired) electrons. The van der Waals surface area contributed by atoms with Gasteiger partial charge in [0.25, 0.3) is 0 Å². The van der Waals surface area contributed by atoms with Crippen molar-refractivity contribution >= 4 is 5.91 Å². The Morgan fingerprint density at radius 1 is 1.12 bits per heavy atom. The highest BCUT2D eigenvalue weighted by Crippen LogP contribution is 2.10. The smallest absolute Gasteiger partial charge is 0.234 e. The fraction of sp³-hybridized carbons (Fsp3) is 0.462. The number of amides is 1. The molecule has 1 rings (SSSR count). The quantitative estimate of drug-likeness (QED) is 0.784. The lowest BCUT2D eigenvalue weighted by molar-refractivity contribution is -0.119. The minimum Gasteiger partial charge on any atom is -0.368 e. The Balaban J connectivity index is 2.61. The summed E-state index contributed by atoms with van der Waals surface area (Å²) in [5, 5.41) is 0. The Kier molecular flexibility index (Phi) is 4.50. The van der Waals surface area contributed by atoms with Crippen LogP contribution in [-0.2, 0) is 17.6 Å². The van der Waals surface area contributed by atoms with E-state index >= 15 is 0 Å². The van der Waals surface area contributed by atoms with E-state index in [9.17, 15) is 4.79 Å². The van der Waals surface area contributed by atoms with Gasteiger partial charge in [-0.2, -0.15) is 0 Å². The second kappa shape index (κ2) is 5.66. The summed E-state index contributed by atoms with van der Waals surface area (Å²) in [5.41, 5.74) is 13.1. The second-order valence-electron chi connectivity index (χ2n) is 4.63. The van der Waals surface area contributed by atoms with Crippen LogP contribution < -0.4 is 11.5 Å². The zero-order valence-corrected chi connectivity index (χ0v) is 9.94. The average molecular weight is 220 g/mol. The number of benzene rings is 1. The molecule has 0 aromatic heterocycles. The number of carbonyl (C=O) groups is 1. The van der Waals surface area contributed by atoms with Gasteiger partial charge in [0, 0.05) is 0 Å². The molecule has 1 aromatic rings. The van der Waals surface area contributed by atoms with Crippen molar-refractivity contribution in [1.82, 2.24) is 0 Å². The molecule has 3 heteroatoms. The van der Waals surface area contributed by atoms with Gasteiger partial charge >= 0.3 is 0 Å². The first-order chi connectivity index (χ1) is 7.49. The Hall–Kier alpha value is -1.35. The molecule has 16 heavy (non-hydrogen) atoms. The van der Waals surface area contributed by atoms with Crippen LogP contribution in [0, 0.1) is 5.92 Å². The van der Waals surface area contributed by atoms with Gasteiger partial charge in [0.1, 0.15) is 0 Å². The van der Waals surface area contributed by atoms with Gasteiger partial charge in [0.2, 0.25) is 5.91 Å². The Morgan fingerprint density at radius 3 is 1.94 bits per heavy atom. The van der Waals surface area contributed by atoms with Gasteiger partial charge in [-0.05, 0) is 29.9 Å². The molecule has 0 bridgehead atoms. The summed E-state index contributed by atoms with van der Waals surface area (Å²) in [6.07, 6.45) is 1.58. The molecule has 0 aliphatic rings. The van der Waals surface area contributed by atoms with Crippen LogP contribution in [0.25, 0.3) is 0 Å². The largest absolute Gasteiger partial charge is 0.368 e. The zero-order chi connectivity index (χ0) is 12.1. The first kappa shape index (κ1) is 12.7. The summed E-state index contributed by atoms with van der Waals surface area (Å²) in [4.78, 5) is 10.8. The maximum Gasteiger partial charge on any atom is 0.234 e. The highest BCUT2D eigenvalue weighted by Gasteiger charge is 2.09. The molecule has 88 valence electrons. The second-order valence-corrected chi connectivity index (χ2v) is 4.63. The van der Waals surface area contributed by atoms with Crippen LogP contribution in [0.1, 0.15) is 25.0 Å². The van der Waals surface area contributed by atoms with E-state index in [1.54, 1.807) is 0 Å². The molecule has 4 N–H and O–H groups in total. The van der Waals surface area contributed by atoms with Crippen molar-refractivity contribution < 1.29 is 4.79 Å². The third-order valence-electron chi connectivity index (χ3n) is 2.49. The maximum absolute atomic E-state index is 10.8. The molecule has 0 fully saturated rings. The van der Waals surface area contributed by atoms with Crippen molar-refractivity contribution in [2.45, 2.75) is 32.7 Å². The molecule has 0 spiro atoms. The number of hydrogen-bond donors (Lipinski definition) is 2. The van der Waals surface area contributed by atoms with E-state index in [2.05, 4.69) is 26.0 Å². The van der Waals surface area contributed by atoms with Crippen LogP contribution in [0.2, 0.25) is 0 Å². The summed E-state index contributed by atoms with van der Waals surface area (Å²) < 4.78 is 0. The van der Waals surface area contributed by atoms with E-state index in [1.807, 2.05) is 12.1 Å². The molecule has 3 nitrogen and oxygen atoms in total. The van der Waals surface area contributed by atoms with Gasteiger partial charge < -0.3 is 11.5 Å². The predicted molar refractivity (Wildman–Crippen MR) is 65.9 cm³/mol. The SMILES string of the molecule is CC(C)Cc1ccc(CC(N)C(N)=O)cc1. The summed E-state index contributed by atoms with van der Waals surface area (Å²) in [7, 11) is 0. The van der Waals surface area contributed by atoms with E-state index in [-0.39, 0.29) is 0 Å². The highest BCUT2D eigenvalue weighted by molar-refractivity contribution is 5.79. The fourth-order valence-corrected chi connectivity index (χ4v) is 1.64. The first-order valence-corrected chi connectivity index (χ1v) is 5.61. The Morgan fingerprint density at radius 2 is 1.56 bits per heavy atom. The van der Waals surface area contributed by atoms with Crippen molar-refractivity contribution in [3.8, 4) is 0 Å². The molecule has 0 aliphatic heterocycles. The number of hydrogen-bond acceptors (Lipinski definition) is 2. The molecule has 0 aliphatic carbocycles. The molecular weight excluding hydrogens is 200 g/mol. The molecular formula is C13H20N2O. The topological polar surface area (TPSA) is 69.1 Å². The molecule has 1 unspecified atom stereocenters. The standard InChI is InChI=1S/C13H20N2O/c1-9(2)7-10-3-5-11(6-4-10)8-12(14)13(15)16/h3-6,9,12H,7-8,14H2,1-2H3,(H2,15,16). The minimum atomic E-state index is -0.587.